The molecule has 2 aromatic heterocycles. The predicted octanol–water partition coefficient (Wildman–Crippen LogP) is 1.41. The number of nitrogens with two attached hydrogens (primary N) is 1. The van der Waals surface area contributed by atoms with Crippen LogP contribution in [0.2, 0.25) is 0 Å². The fourth-order valence-corrected chi connectivity index (χ4v) is 4.93. The molecule has 0 bridgehead atoms. The first-order chi connectivity index (χ1) is 9.79. The molecule has 5 nitrogen and oxygen atoms in total. The second-order valence-electron chi connectivity index (χ2n) is 4.23. The van der Waals surface area contributed by atoms with Crippen LogP contribution in [0.1, 0.15) is 11.4 Å². The molecule has 1 aliphatic heterocycles. The fraction of sp³-hybridized carbons (Fsp3) is 0.154. The zero-order chi connectivity index (χ0) is 14.0. The van der Waals surface area contributed by atoms with Gasteiger partial charge in [-0.3, -0.25) is 21.2 Å². The van der Waals surface area contributed by atoms with Crippen LogP contribution in [0.25, 0.3) is 0 Å². The van der Waals surface area contributed by atoms with E-state index in [-0.39, 0.29) is 0 Å². The smallest absolute Gasteiger partial charge is 0.231 e. The minimum absolute atomic E-state index is 0.571. The van der Waals surface area contributed by atoms with Crippen molar-refractivity contribution in [1.82, 2.24) is 15.4 Å². The molecule has 20 heavy (non-hydrogen) atoms. The number of nitrogens with zero attached hydrogens (tertiary/aromatic N) is 2. The maximum absolute atomic E-state index is 5.90. The van der Waals surface area contributed by atoms with Gasteiger partial charge in [0.15, 0.2) is 0 Å². The van der Waals surface area contributed by atoms with Gasteiger partial charge in [0.2, 0.25) is 9.32 Å². The van der Waals surface area contributed by atoms with Crippen LogP contribution in [0.3, 0.4) is 0 Å². The average molecular weight is 306 g/mol. The molecule has 1 aliphatic rings. The second kappa shape index (κ2) is 5.45. The monoisotopic (exact) mass is 306 g/mol. The second-order valence-corrected chi connectivity index (χ2v) is 7.11. The van der Waals surface area contributed by atoms with Crippen molar-refractivity contribution in [2.45, 2.75) is 4.93 Å². The number of nitrogens with one attached hydrogen (secondary N) is 1. The number of thiocarbonyl (C=S) groups is 1. The summed E-state index contributed by atoms with van der Waals surface area (Å²) in [6.07, 6.45) is 3.49. The van der Waals surface area contributed by atoms with Gasteiger partial charge in [0.1, 0.15) is 0 Å². The lowest BCUT2D eigenvalue weighted by atomic mass is 10.1. The lowest BCUT2D eigenvalue weighted by Gasteiger charge is -2.50. The molecule has 1 fully saturated rings. The minimum atomic E-state index is -0.811. The highest BCUT2D eigenvalue weighted by Crippen LogP contribution is 2.62. The zero-order valence-electron chi connectivity index (χ0n) is 10.6. The Hall–Kier alpha value is -1.54. The van der Waals surface area contributed by atoms with E-state index in [0.29, 0.717) is 10.3 Å². The Kier molecular flexibility index (Phi) is 3.66. The molecule has 3 rings (SSSR count). The van der Waals surface area contributed by atoms with Crippen LogP contribution in [0.4, 0.5) is 0 Å². The molecular weight excluding hydrogens is 292 g/mol. The van der Waals surface area contributed by atoms with E-state index >= 15 is 0 Å². The molecule has 3 heterocycles. The van der Waals surface area contributed by atoms with Gasteiger partial charge in [-0.25, -0.2) is 0 Å². The molecule has 7 heteroatoms. The SMILES string of the molecule is NNC[SH]1C(=S)OC1(c1ccccn1)c1ccccn1. The highest BCUT2D eigenvalue weighted by Gasteiger charge is 2.55. The zero-order valence-corrected chi connectivity index (χ0v) is 12.3. The van der Waals surface area contributed by atoms with Crippen molar-refractivity contribution >= 4 is 27.5 Å². The normalized spacial score (nSPS) is 21.9. The number of thiol groups is 1. The van der Waals surface area contributed by atoms with E-state index in [1.165, 1.54) is 0 Å². The van der Waals surface area contributed by atoms with Crippen molar-refractivity contribution in [3.63, 3.8) is 0 Å². The van der Waals surface area contributed by atoms with Gasteiger partial charge in [0.25, 0.3) is 0 Å². The highest BCUT2D eigenvalue weighted by atomic mass is 32.2. The third-order valence-corrected chi connectivity index (χ3v) is 6.19. The number of rotatable bonds is 4. The fourth-order valence-electron chi connectivity index (χ4n) is 2.23. The molecule has 0 amide bonds. The molecule has 1 saturated heterocycles. The number of ether oxygens (including phenoxy) is 1. The summed E-state index contributed by atoms with van der Waals surface area (Å²) in [5, 5.41) is 0. The summed E-state index contributed by atoms with van der Waals surface area (Å²) in [6.45, 7) is 0. The summed E-state index contributed by atoms with van der Waals surface area (Å²) >= 11 is 5.27. The highest BCUT2D eigenvalue weighted by molar-refractivity contribution is 8.37. The minimum Gasteiger partial charge on any atom is -0.451 e. The summed E-state index contributed by atoms with van der Waals surface area (Å²) in [7, 11) is -0.811. The van der Waals surface area contributed by atoms with Crippen molar-refractivity contribution in [3.8, 4) is 0 Å². The van der Waals surface area contributed by atoms with Crippen molar-refractivity contribution < 1.29 is 4.74 Å². The van der Waals surface area contributed by atoms with Crippen LogP contribution < -0.4 is 11.3 Å². The first-order valence-electron chi connectivity index (χ1n) is 6.06. The molecule has 0 spiro atoms. The number of pyridine rings is 2. The third-order valence-electron chi connectivity index (χ3n) is 3.11. The topological polar surface area (TPSA) is 73.1 Å². The Bertz CT molecular complexity index is 569. The molecule has 0 aromatic carbocycles. The maximum atomic E-state index is 5.90. The van der Waals surface area contributed by atoms with Crippen molar-refractivity contribution in [2.75, 3.05) is 5.88 Å². The van der Waals surface area contributed by atoms with Gasteiger partial charge in [-0.05, 0) is 36.5 Å². The van der Waals surface area contributed by atoms with Crippen LogP contribution in [0.15, 0.2) is 48.8 Å². The van der Waals surface area contributed by atoms with Crippen LogP contribution in [-0.4, -0.2) is 20.2 Å². The summed E-state index contributed by atoms with van der Waals surface area (Å²) in [5.41, 5.74) is 4.33. The van der Waals surface area contributed by atoms with Crippen molar-refractivity contribution in [1.29, 1.82) is 0 Å². The summed E-state index contributed by atoms with van der Waals surface area (Å²) in [4.78, 5) is 8.19. The third kappa shape index (κ3) is 1.99. The van der Waals surface area contributed by atoms with Gasteiger partial charge >= 0.3 is 0 Å². The Morgan fingerprint density at radius 2 is 1.75 bits per heavy atom. The quantitative estimate of drug-likeness (QED) is 0.343. The molecule has 0 radical (unpaired) electrons. The molecule has 104 valence electrons. The molecule has 1 atom stereocenters. The van der Waals surface area contributed by atoms with E-state index in [4.69, 9.17) is 22.8 Å². The number of hydrazine groups is 1. The van der Waals surface area contributed by atoms with E-state index in [0.717, 1.165) is 11.4 Å². The first-order valence-corrected chi connectivity index (χ1v) is 7.99. The molecule has 3 N–H and O–H groups in total. The molecule has 1 unspecified atom stereocenters. The van der Waals surface area contributed by atoms with Gasteiger partial charge in [0, 0.05) is 18.3 Å². The van der Waals surface area contributed by atoms with E-state index in [1.807, 2.05) is 36.4 Å². The molecular formula is C13H14N4OS2. The molecule has 0 aliphatic carbocycles. The van der Waals surface area contributed by atoms with Gasteiger partial charge < -0.3 is 4.74 Å². The maximum Gasteiger partial charge on any atom is 0.231 e. The van der Waals surface area contributed by atoms with Crippen molar-refractivity contribution in [3.05, 3.63) is 60.2 Å². The van der Waals surface area contributed by atoms with Gasteiger partial charge in [-0.2, -0.15) is 0 Å². The summed E-state index contributed by atoms with van der Waals surface area (Å²) in [6, 6.07) is 11.5. The predicted molar refractivity (Wildman–Crippen MR) is 84.1 cm³/mol. The molecule has 0 saturated carbocycles. The van der Waals surface area contributed by atoms with E-state index in [9.17, 15) is 0 Å². The van der Waals surface area contributed by atoms with Crippen molar-refractivity contribution in [2.24, 2.45) is 5.84 Å². The van der Waals surface area contributed by atoms with Gasteiger partial charge in [-0.1, -0.05) is 12.1 Å². The first kappa shape index (κ1) is 13.4. The number of aromatic nitrogens is 2. The van der Waals surface area contributed by atoms with Crippen LogP contribution in [-0.2, 0) is 9.67 Å². The molecule has 2 aromatic rings. The lowest BCUT2D eigenvalue weighted by Crippen LogP contribution is -2.49. The Morgan fingerprint density at radius 3 is 2.15 bits per heavy atom. The van der Waals surface area contributed by atoms with E-state index in [1.54, 1.807) is 12.4 Å². The van der Waals surface area contributed by atoms with E-state index in [2.05, 4.69) is 15.4 Å². The number of hydrogen-bond acceptors (Lipinski definition) is 6. The number of hydrogen-bond donors (Lipinski definition) is 3. The van der Waals surface area contributed by atoms with Gasteiger partial charge in [0.05, 0.1) is 11.4 Å². The van der Waals surface area contributed by atoms with E-state index < -0.39 is 15.8 Å². The Labute approximate surface area is 124 Å². The summed E-state index contributed by atoms with van der Waals surface area (Å²) in [5.74, 6) is 6.06. The lowest BCUT2D eigenvalue weighted by molar-refractivity contribution is 0.172. The van der Waals surface area contributed by atoms with Gasteiger partial charge in [-0.15, -0.1) is 10.9 Å². The van der Waals surface area contributed by atoms with Crippen LogP contribution in [0.5, 0.6) is 0 Å². The Balaban J connectivity index is 2.12. The van der Waals surface area contributed by atoms with Crippen LogP contribution >= 0.6 is 23.1 Å². The van der Waals surface area contributed by atoms with Crippen LogP contribution in [0, 0.1) is 0 Å². The Morgan fingerprint density at radius 1 is 1.15 bits per heavy atom. The standard InChI is InChI=1S/C13H14N4OS2/c14-17-9-20-12(19)18-13(20,10-5-1-3-7-15-10)11-6-2-4-8-16-11/h1-8,17,20H,9,14H2. The summed E-state index contributed by atoms with van der Waals surface area (Å²) < 4.78 is 6.50. The average Bonchev–Trinajstić information content (AvgIpc) is 2.52. The largest absolute Gasteiger partial charge is 0.451 e.